The summed E-state index contributed by atoms with van der Waals surface area (Å²) in [4.78, 5) is 22.4. The second kappa shape index (κ2) is 3.92. The van der Waals surface area contributed by atoms with Crippen molar-refractivity contribution in [3.63, 3.8) is 0 Å². The smallest absolute Gasteiger partial charge is 0.269 e. The molecular weight excluding hydrogens is 246 g/mol. The molecule has 5 N–H and O–H groups in total. The fourth-order valence-electron chi connectivity index (χ4n) is 2.02. The van der Waals surface area contributed by atoms with Crippen LogP contribution in [0.15, 0.2) is 30.5 Å². The Morgan fingerprint density at radius 3 is 2.84 bits per heavy atom. The Morgan fingerprint density at radius 2 is 2.16 bits per heavy atom. The van der Waals surface area contributed by atoms with Gasteiger partial charge in [-0.05, 0) is 18.2 Å². The molecule has 2 aromatic rings. The van der Waals surface area contributed by atoms with Crippen molar-refractivity contribution in [3.05, 3.63) is 41.7 Å². The van der Waals surface area contributed by atoms with Crippen molar-refractivity contribution in [1.82, 2.24) is 9.78 Å². The maximum atomic E-state index is 11.5. The van der Waals surface area contributed by atoms with E-state index in [0.717, 1.165) is 5.56 Å². The SMILES string of the molecule is NC(=O)c1ccn(-c2ccc3c(c2)NC(=O)C3N)n1. The molecule has 1 aliphatic heterocycles. The first-order valence-corrected chi connectivity index (χ1v) is 5.62. The Bertz CT molecular complexity index is 691. The third-order valence-corrected chi connectivity index (χ3v) is 3.02. The van der Waals surface area contributed by atoms with Gasteiger partial charge in [0.05, 0.1) is 5.69 Å². The van der Waals surface area contributed by atoms with E-state index in [-0.39, 0.29) is 11.6 Å². The largest absolute Gasteiger partial charge is 0.364 e. The Hall–Kier alpha value is -2.67. The molecule has 0 spiro atoms. The zero-order valence-electron chi connectivity index (χ0n) is 9.83. The number of fused-ring (bicyclic) bond motifs is 1. The van der Waals surface area contributed by atoms with Gasteiger partial charge in [0.25, 0.3) is 5.91 Å². The lowest BCUT2D eigenvalue weighted by Crippen LogP contribution is -2.19. The number of rotatable bonds is 2. The Morgan fingerprint density at radius 1 is 1.37 bits per heavy atom. The number of primary amides is 1. The zero-order valence-corrected chi connectivity index (χ0v) is 9.83. The third-order valence-electron chi connectivity index (χ3n) is 3.02. The number of nitrogens with one attached hydrogen (secondary N) is 1. The second-order valence-electron chi connectivity index (χ2n) is 4.25. The lowest BCUT2D eigenvalue weighted by atomic mass is 10.1. The van der Waals surface area contributed by atoms with Gasteiger partial charge in [-0.2, -0.15) is 5.10 Å². The quantitative estimate of drug-likeness (QED) is 0.697. The summed E-state index contributed by atoms with van der Waals surface area (Å²) in [7, 11) is 0. The van der Waals surface area contributed by atoms with Gasteiger partial charge in [0, 0.05) is 17.4 Å². The Balaban J connectivity index is 2.01. The van der Waals surface area contributed by atoms with Crippen molar-refractivity contribution in [3.8, 4) is 5.69 Å². The summed E-state index contributed by atoms with van der Waals surface area (Å²) in [6.45, 7) is 0. The molecule has 1 aromatic heterocycles. The van der Waals surface area contributed by atoms with Crippen LogP contribution in [0.4, 0.5) is 5.69 Å². The summed E-state index contributed by atoms with van der Waals surface area (Å²) >= 11 is 0. The number of amides is 2. The predicted molar refractivity (Wildman–Crippen MR) is 67.6 cm³/mol. The number of nitrogens with two attached hydrogens (primary N) is 2. The molecule has 3 rings (SSSR count). The van der Waals surface area contributed by atoms with Crippen molar-refractivity contribution < 1.29 is 9.59 Å². The van der Waals surface area contributed by atoms with Crippen molar-refractivity contribution in [2.45, 2.75) is 6.04 Å². The van der Waals surface area contributed by atoms with Crippen LogP contribution >= 0.6 is 0 Å². The minimum Gasteiger partial charge on any atom is -0.364 e. The van der Waals surface area contributed by atoms with E-state index < -0.39 is 11.9 Å². The first-order chi connectivity index (χ1) is 9.06. The minimum atomic E-state index is -0.636. The molecule has 0 saturated heterocycles. The van der Waals surface area contributed by atoms with Crippen LogP contribution in [0.25, 0.3) is 5.69 Å². The van der Waals surface area contributed by atoms with E-state index in [4.69, 9.17) is 11.5 Å². The monoisotopic (exact) mass is 257 g/mol. The number of nitrogens with zero attached hydrogens (tertiary/aromatic N) is 2. The van der Waals surface area contributed by atoms with E-state index in [1.54, 1.807) is 24.4 Å². The number of carbonyl (C=O) groups is 2. The van der Waals surface area contributed by atoms with Crippen molar-refractivity contribution in [2.75, 3.05) is 5.32 Å². The Kier molecular flexibility index (Phi) is 2.36. The summed E-state index contributed by atoms with van der Waals surface area (Å²) < 4.78 is 1.51. The van der Waals surface area contributed by atoms with E-state index in [2.05, 4.69) is 10.4 Å². The van der Waals surface area contributed by atoms with Crippen molar-refractivity contribution in [2.24, 2.45) is 11.5 Å². The molecule has 7 heteroatoms. The topological polar surface area (TPSA) is 116 Å². The molecule has 0 bridgehead atoms. The molecule has 2 amide bonds. The van der Waals surface area contributed by atoms with Gasteiger partial charge >= 0.3 is 0 Å². The van der Waals surface area contributed by atoms with Crippen LogP contribution < -0.4 is 16.8 Å². The van der Waals surface area contributed by atoms with E-state index in [1.165, 1.54) is 10.7 Å². The molecule has 2 heterocycles. The highest BCUT2D eigenvalue weighted by molar-refractivity contribution is 6.02. The van der Waals surface area contributed by atoms with Crippen LogP contribution in [0.1, 0.15) is 22.1 Å². The highest BCUT2D eigenvalue weighted by atomic mass is 16.2. The molecular formula is C12H11N5O2. The molecule has 1 unspecified atom stereocenters. The molecule has 0 aliphatic carbocycles. The summed E-state index contributed by atoms with van der Waals surface area (Å²) in [6.07, 6.45) is 1.62. The average molecular weight is 257 g/mol. The maximum absolute atomic E-state index is 11.5. The van der Waals surface area contributed by atoms with Gasteiger partial charge in [0.1, 0.15) is 11.7 Å². The highest BCUT2D eigenvalue weighted by Crippen LogP contribution is 2.30. The van der Waals surface area contributed by atoms with E-state index in [0.29, 0.717) is 11.4 Å². The normalized spacial score (nSPS) is 17.1. The lowest BCUT2D eigenvalue weighted by molar-refractivity contribution is -0.116. The van der Waals surface area contributed by atoms with E-state index in [1.807, 2.05) is 0 Å². The number of aromatic nitrogens is 2. The highest BCUT2D eigenvalue weighted by Gasteiger charge is 2.27. The predicted octanol–water partition coefficient (Wildman–Crippen LogP) is -0.0769. The van der Waals surface area contributed by atoms with E-state index in [9.17, 15) is 9.59 Å². The van der Waals surface area contributed by atoms with Crippen LogP contribution in [0, 0.1) is 0 Å². The van der Waals surface area contributed by atoms with Gasteiger partial charge in [0.15, 0.2) is 0 Å². The van der Waals surface area contributed by atoms with Crippen molar-refractivity contribution in [1.29, 1.82) is 0 Å². The molecule has 19 heavy (non-hydrogen) atoms. The fraction of sp³-hybridized carbons (Fsp3) is 0.0833. The minimum absolute atomic E-state index is 0.182. The van der Waals surface area contributed by atoms with E-state index >= 15 is 0 Å². The van der Waals surface area contributed by atoms with Crippen LogP contribution in [0.5, 0.6) is 0 Å². The lowest BCUT2D eigenvalue weighted by Gasteiger charge is -2.05. The number of hydrogen-bond donors (Lipinski definition) is 3. The second-order valence-corrected chi connectivity index (χ2v) is 4.25. The van der Waals surface area contributed by atoms with Crippen LogP contribution in [-0.2, 0) is 4.79 Å². The van der Waals surface area contributed by atoms with Gasteiger partial charge < -0.3 is 16.8 Å². The fourth-order valence-corrected chi connectivity index (χ4v) is 2.02. The summed E-state index contributed by atoms with van der Waals surface area (Å²) in [5.74, 6) is -0.819. The first kappa shape index (κ1) is 11.4. The van der Waals surface area contributed by atoms with Gasteiger partial charge in [-0.15, -0.1) is 0 Å². The van der Waals surface area contributed by atoms with Crippen LogP contribution in [-0.4, -0.2) is 21.6 Å². The average Bonchev–Trinajstić information content (AvgIpc) is 2.96. The third kappa shape index (κ3) is 1.76. The number of carbonyl (C=O) groups excluding carboxylic acids is 2. The molecule has 96 valence electrons. The summed E-state index contributed by atoms with van der Waals surface area (Å²) in [5.41, 5.74) is 13.2. The van der Waals surface area contributed by atoms with Gasteiger partial charge in [-0.25, -0.2) is 4.68 Å². The number of anilines is 1. The van der Waals surface area contributed by atoms with Crippen molar-refractivity contribution >= 4 is 17.5 Å². The van der Waals surface area contributed by atoms with Gasteiger partial charge in [-0.1, -0.05) is 6.07 Å². The standard InChI is InChI=1S/C12H11N5O2/c13-10-7-2-1-6(5-9(7)15-12(10)19)17-4-3-8(16-17)11(14)18/h1-5,10H,13H2,(H2,14,18)(H,15,19). The van der Waals surface area contributed by atoms with Gasteiger partial charge in [-0.3, -0.25) is 9.59 Å². The zero-order chi connectivity index (χ0) is 13.6. The summed E-state index contributed by atoms with van der Waals surface area (Å²) in [6, 6.07) is 6.18. The number of hydrogen-bond acceptors (Lipinski definition) is 4. The maximum Gasteiger partial charge on any atom is 0.269 e. The molecule has 1 aromatic carbocycles. The van der Waals surface area contributed by atoms with Crippen LogP contribution in [0.3, 0.4) is 0 Å². The van der Waals surface area contributed by atoms with Gasteiger partial charge in [0.2, 0.25) is 5.91 Å². The molecule has 1 aliphatic rings. The molecule has 1 atom stereocenters. The van der Waals surface area contributed by atoms with Crippen LogP contribution in [0.2, 0.25) is 0 Å². The molecule has 0 fully saturated rings. The first-order valence-electron chi connectivity index (χ1n) is 5.62. The summed E-state index contributed by atoms with van der Waals surface area (Å²) in [5, 5.41) is 6.73. The molecule has 7 nitrogen and oxygen atoms in total. The Labute approximate surface area is 108 Å². The number of benzene rings is 1. The molecule has 0 radical (unpaired) electrons. The molecule has 0 saturated carbocycles.